The molecule has 4 N–H and O–H groups in total. The first kappa shape index (κ1) is 20.2. The molecule has 1 saturated heterocycles. The van der Waals surface area contributed by atoms with E-state index in [1.165, 1.54) is 0 Å². The fraction of sp³-hybridized carbons (Fsp3) is 0.375. The van der Waals surface area contributed by atoms with E-state index in [4.69, 9.17) is 5.73 Å². The minimum Gasteiger partial charge on any atom is -0.324 e. The number of carbonyl (C=O) groups excluding carboxylic acids is 2. The molecule has 1 aromatic heterocycles. The molecule has 1 aliphatic rings. The number of aromatic nitrogens is 3. The summed E-state index contributed by atoms with van der Waals surface area (Å²) in [6, 6.07) is 6.83. The predicted octanol–water partition coefficient (Wildman–Crippen LogP) is 1.60. The lowest BCUT2D eigenvalue weighted by molar-refractivity contribution is -0.135. The first-order valence-corrected chi connectivity index (χ1v) is 9.17. The molecule has 1 fully saturated rings. The summed E-state index contributed by atoms with van der Waals surface area (Å²) in [6.45, 7) is 2.10. The Kier molecular flexibility index (Phi) is 7.01. The topological polar surface area (TPSA) is 117 Å². The highest BCUT2D eigenvalue weighted by Gasteiger charge is 2.33. The van der Waals surface area contributed by atoms with Gasteiger partial charge in [-0.15, -0.1) is 24.2 Å². The molecule has 2 heterocycles. The lowest BCUT2D eigenvalue weighted by atomic mass is 10.2. The Morgan fingerprint density at radius 1 is 1.38 bits per heavy atom. The third-order valence-electron chi connectivity index (χ3n) is 3.94. The molecule has 0 spiro atoms. The number of nitrogens with two attached hydrogens (primary N) is 1. The molecule has 0 saturated carbocycles. The quantitative estimate of drug-likeness (QED) is 0.706. The van der Waals surface area contributed by atoms with Gasteiger partial charge in [-0.05, 0) is 24.3 Å². The Hall–Kier alpha value is -2.10. The highest BCUT2D eigenvalue weighted by atomic mass is 35.5. The van der Waals surface area contributed by atoms with Gasteiger partial charge in [0.2, 0.25) is 11.8 Å². The molecule has 3 rings (SSSR count). The average molecular weight is 397 g/mol. The van der Waals surface area contributed by atoms with E-state index in [1.54, 1.807) is 35.7 Å². The van der Waals surface area contributed by atoms with Crippen molar-refractivity contribution in [1.82, 2.24) is 20.1 Å². The number of nitrogens with one attached hydrogen (secondary N) is 2. The molecule has 0 aliphatic carbocycles. The van der Waals surface area contributed by atoms with E-state index in [2.05, 4.69) is 20.5 Å². The van der Waals surface area contributed by atoms with Crippen LogP contribution in [0.5, 0.6) is 0 Å². The molecule has 2 amide bonds. The zero-order valence-electron chi connectivity index (χ0n) is 14.3. The number of hydrogen-bond donors (Lipinski definition) is 3. The smallest absolute Gasteiger partial charge is 0.248 e. The molecule has 0 bridgehead atoms. The van der Waals surface area contributed by atoms with Gasteiger partial charge in [-0.3, -0.25) is 14.7 Å². The third-order valence-corrected chi connectivity index (χ3v) is 4.96. The lowest BCUT2D eigenvalue weighted by Crippen LogP contribution is -2.44. The van der Waals surface area contributed by atoms with E-state index >= 15 is 0 Å². The maximum atomic E-state index is 12.5. The summed E-state index contributed by atoms with van der Waals surface area (Å²) in [4.78, 5) is 30.3. The van der Waals surface area contributed by atoms with E-state index < -0.39 is 6.04 Å². The first-order valence-electron chi connectivity index (χ1n) is 8.02. The number of carbonyl (C=O) groups is 2. The fourth-order valence-corrected chi connectivity index (χ4v) is 3.73. The number of amides is 2. The normalized spacial score (nSPS) is 16.2. The number of halogens is 1. The molecule has 10 heteroatoms. The van der Waals surface area contributed by atoms with Crippen LogP contribution in [0, 0.1) is 0 Å². The summed E-state index contributed by atoms with van der Waals surface area (Å²) < 4.78 is 0. The number of nitrogens with zero attached hydrogens (tertiary/aromatic N) is 3. The Balaban J connectivity index is 0.00000243. The van der Waals surface area contributed by atoms with Crippen molar-refractivity contribution in [3.8, 4) is 11.4 Å². The van der Waals surface area contributed by atoms with Crippen LogP contribution < -0.4 is 11.1 Å². The van der Waals surface area contributed by atoms with Crippen LogP contribution in [0.15, 0.2) is 24.3 Å². The number of anilines is 1. The van der Waals surface area contributed by atoms with Crippen LogP contribution >= 0.6 is 24.2 Å². The molecular formula is C16H21ClN6O2S. The van der Waals surface area contributed by atoms with Crippen molar-refractivity contribution >= 4 is 41.7 Å². The standard InChI is InChI=1S/C16H20N6O2S.ClH/c1-2-14(23)22-9-25-8-12(22)16(24)18-11-5-3-10(4-6-11)15-19-13(7-17)20-21-15;/h3-6,12H,2,7-9,17H2,1H3,(H,18,24)(H,19,20,21);1H. The number of hydrogen-bond acceptors (Lipinski definition) is 6. The predicted molar refractivity (Wildman–Crippen MR) is 104 cm³/mol. The molecule has 1 aromatic carbocycles. The van der Waals surface area contributed by atoms with Crippen LogP contribution in [0.25, 0.3) is 11.4 Å². The molecule has 1 atom stereocenters. The van der Waals surface area contributed by atoms with Crippen LogP contribution in [0.1, 0.15) is 19.2 Å². The number of aromatic amines is 1. The van der Waals surface area contributed by atoms with Gasteiger partial charge in [-0.2, -0.15) is 5.10 Å². The van der Waals surface area contributed by atoms with E-state index in [0.29, 0.717) is 41.9 Å². The number of thioether (sulfide) groups is 1. The van der Waals surface area contributed by atoms with Crippen molar-refractivity contribution in [3.05, 3.63) is 30.1 Å². The first-order chi connectivity index (χ1) is 12.1. The lowest BCUT2D eigenvalue weighted by Gasteiger charge is -2.22. The Labute approximate surface area is 161 Å². The zero-order chi connectivity index (χ0) is 17.8. The monoisotopic (exact) mass is 396 g/mol. The Morgan fingerprint density at radius 2 is 2.12 bits per heavy atom. The largest absolute Gasteiger partial charge is 0.324 e. The van der Waals surface area contributed by atoms with Gasteiger partial charge in [0.1, 0.15) is 11.9 Å². The zero-order valence-corrected chi connectivity index (χ0v) is 15.9. The van der Waals surface area contributed by atoms with Crippen LogP contribution in [-0.2, 0) is 16.1 Å². The summed E-state index contributed by atoms with van der Waals surface area (Å²) in [7, 11) is 0. The van der Waals surface area contributed by atoms with Gasteiger partial charge in [0.05, 0.1) is 12.4 Å². The van der Waals surface area contributed by atoms with Gasteiger partial charge in [-0.25, -0.2) is 4.98 Å². The second-order valence-electron chi connectivity index (χ2n) is 5.61. The van der Waals surface area contributed by atoms with Crippen molar-refractivity contribution in [2.45, 2.75) is 25.9 Å². The summed E-state index contributed by atoms with van der Waals surface area (Å²) in [5, 5.41) is 9.74. The van der Waals surface area contributed by atoms with Crippen molar-refractivity contribution in [1.29, 1.82) is 0 Å². The van der Waals surface area contributed by atoms with Gasteiger partial charge >= 0.3 is 0 Å². The van der Waals surface area contributed by atoms with E-state index in [0.717, 1.165) is 5.56 Å². The minimum absolute atomic E-state index is 0. The van der Waals surface area contributed by atoms with Crippen LogP contribution in [0.4, 0.5) is 5.69 Å². The number of H-pyrrole nitrogens is 1. The van der Waals surface area contributed by atoms with Crippen LogP contribution in [0.3, 0.4) is 0 Å². The molecule has 26 heavy (non-hydrogen) atoms. The molecule has 1 aliphatic heterocycles. The number of rotatable bonds is 5. The Bertz CT molecular complexity index is 766. The van der Waals surface area contributed by atoms with Gasteiger partial charge in [0, 0.05) is 23.4 Å². The van der Waals surface area contributed by atoms with Crippen molar-refractivity contribution < 1.29 is 9.59 Å². The van der Waals surface area contributed by atoms with Crippen molar-refractivity contribution in [2.75, 3.05) is 16.9 Å². The van der Waals surface area contributed by atoms with E-state index in [1.807, 2.05) is 12.1 Å². The summed E-state index contributed by atoms with van der Waals surface area (Å²) in [6.07, 6.45) is 0.403. The SMILES string of the molecule is CCC(=O)N1CSCC1C(=O)Nc1ccc(-c2n[nH]c(CN)n2)cc1.Cl. The van der Waals surface area contributed by atoms with Gasteiger partial charge in [-0.1, -0.05) is 6.92 Å². The van der Waals surface area contributed by atoms with Crippen molar-refractivity contribution in [2.24, 2.45) is 5.73 Å². The van der Waals surface area contributed by atoms with Gasteiger partial charge in [0.15, 0.2) is 5.82 Å². The second-order valence-corrected chi connectivity index (χ2v) is 6.61. The summed E-state index contributed by atoms with van der Waals surface area (Å²) >= 11 is 1.59. The molecule has 140 valence electrons. The molecule has 8 nitrogen and oxygen atoms in total. The third kappa shape index (κ3) is 4.35. The summed E-state index contributed by atoms with van der Waals surface area (Å²) in [5.74, 6) is 2.20. The van der Waals surface area contributed by atoms with Crippen molar-refractivity contribution in [3.63, 3.8) is 0 Å². The van der Waals surface area contributed by atoms with Crippen LogP contribution in [-0.4, -0.2) is 49.6 Å². The highest BCUT2D eigenvalue weighted by molar-refractivity contribution is 7.99. The molecule has 1 unspecified atom stereocenters. The van der Waals surface area contributed by atoms with E-state index in [9.17, 15) is 9.59 Å². The van der Waals surface area contributed by atoms with E-state index in [-0.39, 0.29) is 24.2 Å². The number of benzene rings is 1. The van der Waals surface area contributed by atoms with Crippen LogP contribution in [0.2, 0.25) is 0 Å². The second kappa shape index (κ2) is 9.02. The molecule has 2 aromatic rings. The Morgan fingerprint density at radius 3 is 2.73 bits per heavy atom. The minimum atomic E-state index is -0.419. The van der Waals surface area contributed by atoms with Gasteiger partial charge in [0.25, 0.3) is 0 Å². The highest BCUT2D eigenvalue weighted by Crippen LogP contribution is 2.24. The fourth-order valence-electron chi connectivity index (χ4n) is 2.55. The maximum Gasteiger partial charge on any atom is 0.248 e. The molecular weight excluding hydrogens is 376 g/mol. The van der Waals surface area contributed by atoms with Gasteiger partial charge < -0.3 is 16.0 Å². The summed E-state index contributed by atoms with van der Waals surface area (Å²) in [5.41, 5.74) is 7.01. The average Bonchev–Trinajstić information content (AvgIpc) is 3.31. The maximum absolute atomic E-state index is 12.5. The molecule has 0 radical (unpaired) electrons.